The molecule has 1 fully saturated rings. The molecule has 3 aromatic heterocycles. The van der Waals surface area contributed by atoms with E-state index >= 15 is 0 Å². The standard InChI is InChI=1S/C21H24N6O3S2/c28-20(14-18-16-31-21(25-18)17-4-3-6-22-15-17)24-8-13-32(29,30)27-11-9-26(10-12-27)19-5-1-2-7-23-19/h1-7,15-16H,8-14H2,(H,24,28). The van der Waals surface area contributed by atoms with Crippen LogP contribution in [0.15, 0.2) is 54.3 Å². The third kappa shape index (κ3) is 5.67. The van der Waals surface area contributed by atoms with Crippen LogP contribution < -0.4 is 10.2 Å². The first-order valence-corrected chi connectivity index (χ1v) is 12.8. The lowest BCUT2D eigenvalue weighted by Crippen LogP contribution is -2.50. The Bertz CT molecular complexity index is 1130. The maximum absolute atomic E-state index is 12.7. The van der Waals surface area contributed by atoms with Gasteiger partial charge in [-0.3, -0.25) is 9.78 Å². The predicted octanol–water partition coefficient (Wildman–Crippen LogP) is 1.41. The Balaban J connectivity index is 1.22. The molecular formula is C21H24N6O3S2. The second-order valence-corrected chi connectivity index (χ2v) is 10.2. The number of rotatable bonds is 8. The molecule has 0 radical (unpaired) electrons. The van der Waals surface area contributed by atoms with Crippen molar-refractivity contribution in [1.29, 1.82) is 0 Å². The summed E-state index contributed by atoms with van der Waals surface area (Å²) in [4.78, 5) is 27.2. The van der Waals surface area contributed by atoms with E-state index in [-0.39, 0.29) is 24.6 Å². The fraction of sp³-hybridized carbons (Fsp3) is 0.333. The van der Waals surface area contributed by atoms with Gasteiger partial charge in [0.15, 0.2) is 0 Å². The van der Waals surface area contributed by atoms with Crippen LogP contribution in [-0.4, -0.2) is 72.1 Å². The Kier molecular flexibility index (Phi) is 7.08. The van der Waals surface area contributed by atoms with Gasteiger partial charge in [-0.05, 0) is 24.3 Å². The van der Waals surface area contributed by atoms with Gasteiger partial charge in [0.05, 0.1) is 17.9 Å². The van der Waals surface area contributed by atoms with Crippen LogP contribution in [0.4, 0.5) is 5.82 Å². The second kappa shape index (κ2) is 10.2. The van der Waals surface area contributed by atoms with Crippen molar-refractivity contribution in [2.75, 3.05) is 43.4 Å². The first-order valence-electron chi connectivity index (χ1n) is 10.3. The molecule has 32 heavy (non-hydrogen) atoms. The minimum absolute atomic E-state index is 0.0707. The number of thiazole rings is 1. The van der Waals surface area contributed by atoms with Crippen molar-refractivity contribution in [1.82, 2.24) is 24.6 Å². The van der Waals surface area contributed by atoms with Gasteiger partial charge in [0.25, 0.3) is 0 Å². The van der Waals surface area contributed by atoms with Gasteiger partial charge < -0.3 is 10.2 Å². The maximum Gasteiger partial charge on any atom is 0.226 e. The highest BCUT2D eigenvalue weighted by molar-refractivity contribution is 7.89. The average Bonchev–Trinajstić information content (AvgIpc) is 3.28. The molecule has 3 aromatic rings. The van der Waals surface area contributed by atoms with E-state index in [2.05, 4.69) is 25.2 Å². The van der Waals surface area contributed by atoms with Gasteiger partial charge >= 0.3 is 0 Å². The van der Waals surface area contributed by atoms with Crippen molar-refractivity contribution in [3.05, 3.63) is 60.0 Å². The molecule has 0 bridgehead atoms. The van der Waals surface area contributed by atoms with Crippen LogP contribution >= 0.6 is 11.3 Å². The van der Waals surface area contributed by atoms with Crippen LogP contribution in [0, 0.1) is 0 Å². The molecule has 9 nitrogen and oxygen atoms in total. The molecule has 1 aliphatic heterocycles. The van der Waals surface area contributed by atoms with E-state index in [0.717, 1.165) is 16.4 Å². The summed E-state index contributed by atoms with van der Waals surface area (Å²) in [5, 5.41) is 5.33. The molecule has 0 spiro atoms. The van der Waals surface area contributed by atoms with Crippen molar-refractivity contribution >= 4 is 33.1 Å². The van der Waals surface area contributed by atoms with E-state index in [1.165, 1.54) is 15.6 Å². The number of carbonyl (C=O) groups is 1. The van der Waals surface area contributed by atoms with Gasteiger partial charge in [-0.25, -0.2) is 18.4 Å². The molecule has 1 N–H and O–H groups in total. The SMILES string of the molecule is O=C(Cc1csc(-c2cccnc2)n1)NCCS(=O)(=O)N1CCN(c2ccccn2)CC1. The van der Waals surface area contributed by atoms with Crippen LogP contribution in [-0.2, 0) is 21.2 Å². The van der Waals surface area contributed by atoms with Crippen molar-refractivity contribution in [2.45, 2.75) is 6.42 Å². The molecular weight excluding hydrogens is 448 g/mol. The van der Waals surface area contributed by atoms with E-state index in [1.54, 1.807) is 18.6 Å². The number of carbonyl (C=O) groups excluding carboxylic acids is 1. The summed E-state index contributed by atoms with van der Waals surface area (Å²) >= 11 is 1.45. The minimum Gasteiger partial charge on any atom is -0.355 e. The van der Waals surface area contributed by atoms with Crippen molar-refractivity contribution in [2.24, 2.45) is 0 Å². The number of nitrogens with one attached hydrogen (secondary N) is 1. The number of amides is 1. The monoisotopic (exact) mass is 472 g/mol. The molecule has 0 atom stereocenters. The number of aromatic nitrogens is 3. The zero-order valence-corrected chi connectivity index (χ0v) is 19.1. The third-order valence-electron chi connectivity index (χ3n) is 5.09. The number of pyridine rings is 2. The number of hydrogen-bond donors (Lipinski definition) is 1. The molecule has 1 amide bonds. The zero-order valence-electron chi connectivity index (χ0n) is 17.4. The summed E-state index contributed by atoms with van der Waals surface area (Å²) in [6.07, 6.45) is 5.26. The largest absolute Gasteiger partial charge is 0.355 e. The molecule has 0 aromatic carbocycles. The summed E-state index contributed by atoms with van der Waals surface area (Å²) in [5.74, 6) is 0.481. The van der Waals surface area contributed by atoms with E-state index in [4.69, 9.17) is 0 Å². The highest BCUT2D eigenvalue weighted by atomic mass is 32.2. The lowest BCUT2D eigenvalue weighted by Gasteiger charge is -2.34. The summed E-state index contributed by atoms with van der Waals surface area (Å²) in [7, 11) is -3.44. The first kappa shape index (κ1) is 22.3. The molecule has 4 rings (SSSR count). The van der Waals surface area contributed by atoms with Gasteiger partial charge in [-0.1, -0.05) is 6.07 Å². The van der Waals surface area contributed by atoms with E-state index in [9.17, 15) is 13.2 Å². The first-order chi connectivity index (χ1) is 15.5. The molecule has 0 saturated carbocycles. The summed E-state index contributed by atoms with van der Waals surface area (Å²) in [6, 6.07) is 9.44. The van der Waals surface area contributed by atoms with Gasteiger partial charge in [-0.15, -0.1) is 11.3 Å². The van der Waals surface area contributed by atoms with Crippen molar-refractivity contribution < 1.29 is 13.2 Å². The fourth-order valence-electron chi connectivity index (χ4n) is 3.42. The Hall–Kier alpha value is -2.89. The number of nitrogens with zero attached hydrogens (tertiary/aromatic N) is 5. The maximum atomic E-state index is 12.7. The van der Waals surface area contributed by atoms with E-state index in [1.807, 2.05) is 35.7 Å². The second-order valence-electron chi connectivity index (χ2n) is 7.30. The van der Waals surface area contributed by atoms with Crippen LogP contribution in [0.3, 0.4) is 0 Å². The normalized spacial score (nSPS) is 14.9. The van der Waals surface area contributed by atoms with Crippen molar-refractivity contribution in [3.8, 4) is 10.6 Å². The topological polar surface area (TPSA) is 108 Å². The Morgan fingerprint density at radius 1 is 1.09 bits per heavy atom. The number of sulfonamides is 1. The number of anilines is 1. The number of hydrogen-bond acceptors (Lipinski definition) is 8. The summed E-state index contributed by atoms with van der Waals surface area (Å²) in [6.45, 7) is 2.06. The number of piperazine rings is 1. The Morgan fingerprint density at radius 3 is 2.66 bits per heavy atom. The fourth-order valence-corrected chi connectivity index (χ4v) is 5.57. The van der Waals surface area contributed by atoms with E-state index < -0.39 is 10.0 Å². The van der Waals surface area contributed by atoms with Crippen LogP contribution in [0.1, 0.15) is 5.69 Å². The Labute approximate surface area is 191 Å². The summed E-state index contributed by atoms with van der Waals surface area (Å²) in [5.41, 5.74) is 1.55. The Morgan fingerprint density at radius 2 is 1.94 bits per heavy atom. The smallest absolute Gasteiger partial charge is 0.226 e. The molecule has 4 heterocycles. The minimum atomic E-state index is -3.44. The van der Waals surface area contributed by atoms with Gasteiger partial charge in [0.1, 0.15) is 10.8 Å². The van der Waals surface area contributed by atoms with Crippen molar-refractivity contribution in [3.63, 3.8) is 0 Å². The third-order valence-corrected chi connectivity index (χ3v) is 7.90. The molecule has 0 aliphatic carbocycles. The molecule has 0 unspecified atom stereocenters. The van der Waals surface area contributed by atoms with Gasteiger partial charge in [0.2, 0.25) is 15.9 Å². The van der Waals surface area contributed by atoms with Crippen LogP contribution in [0.5, 0.6) is 0 Å². The molecule has 1 saturated heterocycles. The molecule has 1 aliphatic rings. The zero-order chi connectivity index (χ0) is 22.4. The highest BCUT2D eigenvalue weighted by Gasteiger charge is 2.27. The van der Waals surface area contributed by atoms with Gasteiger partial charge in [-0.2, -0.15) is 4.31 Å². The van der Waals surface area contributed by atoms with Crippen LogP contribution in [0.25, 0.3) is 10.6 Å². The molecule has 168 valence electrons. The summed E-state index contributed by atoms with van der Waals surface area (Å²) < 4.78 is 26.8. The quantitative estimate of drug-likeness (QED) is 0.528. The molecule has 11 heteroatoms. The van der Waals surface area contributed by atoms with Crippen LogP contribution in [0.2, 0.25) is 0 Å². The average molecular weight is 473 g/mol. The lowest BCUT2D eigenvalue weighted by molar-refractivity contribution is -0.120. The highest BCUT2D eigenvalue weighted by Crippen LogP contribution is 2.22. The lowest BCUT2D eigenvalue weighted by atomic mass is 10.3. The van der Waals surface area contributed by atoms with Gasteiger partial charge in [0, 0.05) is 62.3 Å². The van der Waals surface area contributed by atoms with E-state index in [0.29, 0.717) is 31.9 Å². The predicted molar refractivity (Wildman–Crippen MR) is 124 cm³/mol.